The summed E-state index contributed by atoms with van der Waals surface area (Å²) in [6, 6.07) is 10.7. The molecule has 0 fully saturated rings. The Bertz CT molecular complexity index is 926. The normalized spacial score (nSPS) is 10.0. The van der Waals surface area contributed by atoms with Gasteiger partial charge < -0.3 is 9.47 Å². The Morgan fingerprint density at radius 1 is 1.15 bits per heavy atom. The summed E-state index contributed by atoms with van der Waals surface area (Å²) in [6.45, 7) is 0.553. The molecular weight excluding hydrogens is 330 g/mol. The van der Waals surface area contributed by atoms with Crippen molar-refractivity contribution < 1.29 is 14.3 Å². The molecule has 2 aromatic heterocycles. The van der Waals surface area contributed by atoms with Crippen molar-refractivity contribution in [2.75, 3.05) is 20.3 Å². The summed E-state index contributed by atoms with van der Waals surface area (Å²) in [7, 11) is 1.55. The van der Waals surface area contributed by atoms with Crippen LogP contribution < -0.4 is 0 Å². The maximum atomic E-state index is 12.2. The van der Waals surface area contributed by atoms with Crippen molar-refractivity contribution in [1.82, 2.24) is 14.8 Å². The standard InChI is InChI=1S/C20H17N3O3/c1-25-12-13-26-20(24)18-7-8-19(23-11-3-10-22-23)17(14-18)6-5-16-4-2-9-21-15-16/h2-4,7-11,14-15H,12-13H2,1H3. The summed E-state index contributed by atoms with van der Waals surface area (Å²) >= 11 is 0. The minimum atomic E-state index is -0.418. The number of hydrogen-bond acceptors (Lipinski definition) is 5. The van der Waals surface area contributed by atoms with E-state index in [1.165, 1.54) is 0 Å². The van der Waals surface area contributed by atoms with Crippen LogP contribution in [0.3, 0.4) is 0 Å². The van der Waals surface area contributed by atoms with E-state index >= 15 is 0 Å². The van der Waals surface area contributed by atoms with Crippen LogP contribution >= 0.6 is 0 Å². The van der Waals surface area contributed by atoms with Crippen LogP contribution in [0.25, 0.3) is 5.69 Å². The van der Waals surface area contributed by atoms with Crippen LogP contribution in [-0.4, -0.2) is 41.1 Å². The molecule has 0 aliphatic heterocycles. The van der Waals surface area contributed by atoms with Crippen molar-refractivity contribution >= 4 is 5.97 Å². The predicted molar refractivity (Wildman–Crippen MR) is 95.9 cm³/mol. The Kier molecular flexibility index (Phi) is 5.76. The molecule has 0 atom stereocenters. The van der Waals surface area contributed by atoms with E-state index in [1.54, 1.807) is 48.6 Å². The van der Waals surface area contributed by atoms with Crippen LogP contribution in [0.15, 0.2) is 61.2 Å². The van der Waals surface area contributed by atoms with Crippen molar-refractivity contribution in [3.05, 3.63) is 77.9 Å². The Morgan fingerprint density at radius 3 is 2.81 bits per heavy atom. The minimum Gasteiger partial charge on any atom is -0.460 e. The molecule has 0 bridgehead atoms. The number of hydrogen-bond donors (Lipinski definition) is 0. The largest absolute Gasteiger partial charge is 0.460 e. The van der Waals surface area contributed by atoms with E-state index in [2.05, 4.69) is 21.9 Å². The molecule has 26 heavy (non-hydrogen) atoms. The molecule has 130 valence electrons. The lowest BCUT2D eigenvalue weighted by Gasteiger charge is -2.08. The summed E-state index contributed by atoms with van der Waals surface area (Å²) in [5, 5.41) is 4.24. The molecule has 6 heteroatoms. The van der Waals surface area contributed by atoms with Gasteiger partial charge in [-0.2, -0.15) is 5.10 Å². The van der Waals surface area contributed by atoms with Gasteiger partial charge in [0.25, 0.3) is 0 Å². The van der Waals surface area contributed by atoms with E-state index in [9.17, 15) is 4.79 Å². The summed E-state index contributed by atoms with van der Waals surface area (Å²) < 4.78 is 11.8. The first-order valence-corrected chi connectivity index (χ1v) is 8.00. The highest BCUT2D eigenvalue weighted by atomic mass is 16.6. The fourth-order valence-corrected chi connectivity index (χ4v) is 2.25. The van der Waals surface area contributed by atoms with Crippen LogP contribution in [-0.2, 0) is 9.47 Å². The Labute approximate surface area is 151 Å². The summed E-state index contributed by atoms with van der Waals surface area (Å²) in [5.41, 5.74) is 2.65. The Morgan fingerprint density at radius 2 is 2.08 bits per heavy atom. The lowest BCUT2D eigenvalue weighted by atomic mass is 10.1. The van der Waals surface area contributed by atoms with Crippen LogP contribution in [0.4, 0.5) is 0 Å². The Hall–Kier alpha value is -3.43. The molecule has 3 aromatic rings. The lowest BCUT2D eigenvalue weighted by Crippen LogP contribution is -2.10. The van der Waals surface area contributed by atoms with Crippen molar-refractivity contribution in [2.45, 2.75) is 0 Å². The fraction of sp³-hybridized carbons (Fsp3) is 0.150. The molecular formula is C20H17N3O3. The van der Waals surface area contributed by atoms with Crippen LogP contribution in [0.5, 0.6) is 0 Å². The van der Waals surface area contributed by atoms with E-state index in [-0.39, 0.29) is 6.61 Å². The molecule has 2 heterocycles. The van der Waals surface area contributed by atoms with Crippen LogP contribution in [0.2, 0.25) is 0 Å². The van der Waals surface area contributed by atoms with E-state index < -0.39 is 5.97 Å². The van der Waals surface area contributed by atoms with E-state index in [0.717, 1.165) is 11.3 Å². The highest BCUT2D eigenvalue weighted by Crippen LogP contribution is 2.16. The minimum absolute atomic E-state index is 0.201. The van der Waals surface area contributed by atoms with Gasteiger partial charge in [0.1, 0.15) is 6.61 Å². The highest BCUT2D eigenvalue weighted by molar-refractivity contribution is 5.90. The summed E-state index contributed by atoms with van der Waals surface area (Å²) in [6.07, 6.45) is 6.88. The number of carbonyl (C=O) groups is 1. The molecule has 0 spiro atoms. The topological polar surface area (TPSA) is 66.2 Å². The van der Waals surface area contributed by atoms with Gasteiger partial charge in [0.05, 0.1) is 23.4 Å². The number of methoxy groups -OCH3 is 1. The van der Waals surface area contributed by atoms with Gasteiger partial charge in [-0.1, -0.05) is 11.8 Å². The molecule has 0 aliphatic carbocycles. The number of esters is 1. The van der Waals surface area contributed by atoms with Gasteiger partial charge in [0.15, 0.2) is 0 Å². The first-order valence-electron chi connectivity index (χ1n) is 8.00. The molecule has 0 N–H and O–H groups in total. The van der Waals surface area contributed by atoms with E-state index in [1.807, 2.05) is 24.4 Å². The third kappa shape index (κ3) is 4.35. The van der Waals surface area contributed by atoms with Gasteiger partial charge in [-0.15, -0.1) is 0 Å². The van der Waals surface area contributed by atoms with Gasteiger partial charge in [-0.3, -0.25) is 4.98 Å². The third-order valence-electron chi connectivity index (χ3n) is 3.51. The molecule has 0 unspecified atom stereocenters. The van der Waals surface area contributed by atoms with Gasteiger partial charge in [0, 0.05) is 37.5 Å². The molecule has 0 amide bonds. The van der Waals surface area contributed by atoms with E-state index in [4.69, 9.17) is 9.47 Å². The summed E-state index contributed by atoms with van der Waals surface area (Å²) in [4.78, 5) is 16.2. The van der Waals surface area contributed by atoms with Crippen LogP contribution in [0.1, 0.15) is 21.5 Å². The number of nitrogens with zero attached hydrogens (tertiary/aromatic N) is 3. The second-order valence-electron chi connectivity index (χ2n) is 5.30. The van der Waals surface area contributed by atoms with Gasteiger partial charge in [0.2, 0.25) is 0 Å². The fourth-order valence-electron chi connectivity index (χ4n) is 2.25. The number of aromatic nitrogens is 3. The third-order valence-corrected chi connectivity index (χ3v) is 3.51. The highest BCUT2D eigenvalue weighted by Gasteiger charge is 2.11. The zero-order chi connectivity index (χ0) is 18.2. The first kappa shape index (κ1) is 17.4. The predicted octanol–water partition coefficient (Wildman–Crippen LogP) is 2.47. The molecule has 6 nitrogen and oxygen atoms in total. The lowest BCUT2D eigenvalue weighted by molar-refractivity contribution is 0.0388. The van der Waals surface area contributed by atoms with Gasteiger partial charge >= 0.3 is 5.97 Å². The van der Waals surface area contributed by atoms with Crippen molar-refractivity contribution in [2.24, 2.45) is 0 Å². The monoisotopic (exact) mass is 347 g/mol. The number of pyridine rings is 1. The molecule has 0 radical (unpaired) electrons. The zero-order valence-corrected chi connectivity index (χ0v) is 14.3. The second-order valence-corrected chi connectivity index (χ2v) is 5.30. The van der Waals surface area contributed by atoms with E-state index in [0.29, 0.717) is 17.7 Å². The number of ether oxygens (including phenoxy) is 2. The maximum Gasteiger partial charge on any atom is 0.338 e. The summed E-state index contributed by atoms with van der Waals surface area (Å²) in [5.74, 6) is 5.74. The number of carbonyl (C=O) groups excluding carboxylic acids is 1. The zero-order valence-electron chi connectivity index (χ0n) is 14.3. The van der Waals surface area contributed by atoms with Crippen LogP contribution in [0, 0.1) is 11.8 Å². The van der Waals surface area contributed by atoms with Crippen molar-refractivity contribution in [1.29, 1.82) is 0 Å². The van der Waals surface area contributed by atoms with Crippen molar-refractivity contribution in [3.8, 4) is 17.5 Å². The van der Waals surface area contributed by atoms with Crippen molar-refractivity contribution in [3.63, 3.8) is 0 Å². The number of benzene rings is 1. The average Bonchev–Trinajstić information content (AvgIpc) is 3.21. The molecule has 0 saturated carbocycles. The second kappa shape index (κ2) is 8.60. The number of rotatable bonds is 5. The molecule has 0 saturated heterocycles. The quantitative estimate of drug-likeness (QED) is 0.403. The average molecular weight is 347 g/mol. The SMILES string of the molecule is COCCOC(=O)c1ccc(-n2cccn2)c(C#Cc2cccnc2)c1. The maximum absolute atomic E-state index is 12.2. The smallest absolute Gasteiger partial charge is 0.338 e. The molecule has 0 aliphatic rings. The molecule has 3 rings (SSSR count). The Balaban J connectivity index is 1.94. The molecule has 1 aromatic carbocycles. The first-order chi connectivity index (χ1) is 12.8. The van der Waals surface area contributed by atoms with Gasteiger partial charge in [-0.05, 0) is 36.4 Å². The van der Waals surface area contributed by atoms with Gasteiger partial charge in [-0.25, -0.2) is 9.48 Å².